The second-order valence-corrected chi connectivity index (χ2v) is 6.43. The van der Waals surface area contributed by atoms with Crippen LogP contribution in [0.3, 0.4) is 0 Å². The summed E-state index contributed by atoms with van der Waals surface area (Å²) < 4.78 is 0. The topological polar surface area (TPSA) is 46.2 Å². The van der Waals surface area contributed by atoms with Crippen LogP contribution >= 0.6 is 0 Å². The largest absolute Gasteiger partial charge is 0.349 e. The number of carbonyl (C=O) groups is 2. The zero-order chi connectivity index (χ0) is 16.8. The van der Waals surface area contributed by atoms with E-state index in [4.69, 9.17) is 0 Å². The molecule has 0 unspecified atom stereocenters. The minimum atomic E-state index is -0.0411. The third kappa shape index (κ3) is 4.10. The number of carbonyl (C=O) groups excluding carboxylic acids is 2. The number of amides is 1. The van der Waals surface area contributed by atoms with Gasteiger partial charge in [0.25, 0.3) is 5.91 Å². The molecule has 1 amide bonds. The first kappa shape index (κ1) is 16.4. The summed E-state index contributed by atoms with van der Waals surface area (Å²) in [4.78, 5) is 24.8. The van der Waals surface area contributed by atoms with Gasteiger partial charge in [-0.25, -0.2) is 0 Å². The Balaban J connectivity index is 1.65. The van der Waals surface area contributed by atoms with Crippen LogP contribution in [-0.2, 0) is 0 Å². The van der Waals surface area contributed by atoms with E-state index in [1.165, 1.54) is 25.7 Å². The number of hydrogen-bond donors (Lipinski definition) is 1. The van der Waals surface area contributed by atoms with Gasteiger partial charge in [0.05, 0.1) is 0 Å². The third-order valence-corrected chi connectivity index (χ3v) is 4.64. The molecule has 0 aromatic heterocycles. The minimum Gasteiger partial charge on any atom is -0.349 e. The quantitative estimate of drug-likeness (QED) is 0.671. The maximum absolute atomic E-state index is 12.4. The Labute approximate surface area is 143 Å². The van der Waals surface area contributed by atoms with Crippen molar-refractivity contribution in [3.05, 3.63) is 71.3 Å². The molecule has 1 aliphatic carbocycles. The lowest BCUT2D eigenvalue weighted by molar-refractivity contribution is 0.0932. The van der Waals surface area contributed by atoms with Gasteiger partial charge in [0, 0.05) is 22.7 Å². The Morgan fingerprint density at radius 3 is 1.88 bits per heavy atom. The van der Waals surface area contributed by atoms with Gasteiger partial charge in [-0.3, -0.25) is 9.59 Å². The molecule has 3 rings (SSSR count). The van der Waals surface area contributed by atoms with Gasteiger partial charge < -0.3 is 5.32 Å². The van der Waals surface area contributed by atoms with Crippen molar-refractivity contribution in [1.29, 1.82) is 0 Å². The van der Waals surface area contributed by atoms with Crippen molar-refractivity contribution in [3.63, 3.8) is 0 Å². The molecule has 0 spiro atoms. The fraction of sp³-hybridized carbons (Fsp3) is 0.333. The number of nitrogens with one attached hydrogen (secondary N) is 1. The Morgan fingerprint density at radius 1 is 0.708 bits per heavy atom. The van der Waals surface area contributed by atoms with Gasteiger partial charge in [-0.2, -0.15) is 0 Å². The van der Waals surface area contributed by atoms with Crippen LogP contribution in [0.2, 0.25) is 0 Å². The molecule has 1 aliphatic rings. The molecule has 24 heavy (non-hydrogen) atoms. The lowest BCUT2D eigenvalue weighted by Crippen LogP contribution is -2.34. The highest BCUT2D eigenvalue weighted by Crippen LogP contribution is 2.18. The molecular weight excluding hydrogens is 298 g/mol. The first-order chi connectivity index (χ1) is 11.7. The van der Waals surface area contributed by atoms with Crippen LogP contribution in [-0.4, -0.2) is 17.7 Å². The number of ketones is 1. The van der Waals surface area contributed by atoms with Crippen molar-refractivity contribution in [3.8, 4) is 0 Å². The molecule has 3 nitrogen and oxygen atoms in total. The summed E-state index contributed by atoms with van der Waals surface area (Å²) in [5.74, 6) is -0.0630. The fourth-order valence-corrected chi connectivity index (χ4v) is 3.22. The smallest absolute Gasteiger partial charge is 0.251 e. The van der Waals surface area contributed by atoms with Crippen molar-refractivity contribution in [2.24, 2.45) is 0 Å². The average molecular weight is 321 g/mol. The van der Waals surface area contributed by atoms with Crippen molar-refractivity contribution in [2.75, 3.05) is 0 Å². The van der Waals surface area contributed by atoms with Crippen LogP contribution in [0, 0.1) is 0 Å². The van der Waals surface area contributed by atoms with Gasteiger partial charge in [-0.1, -0.05) is 68.1 Å². The molecule has 1 fully saturated rings. The van der Waals surface area contributed by atoms with Crippen LogP contribution in [0.25, 0.3) is 0 Å². The molecular formula is C21H23NO2. The standard InChI is InChI=1S/C21H23NO2/c23-20(16-8-4-3-5-9-16)17-12-14-18(15-13-17)21(24)22-19-10-6-1-2-7-11-19/h3-5,8-9,12-15,19H,1-2,6-7,10-11H2,(H,22,24). The van der Waals surface area contributed by atoms with E-state index in [0.29, 0.717) is 16.7 Å². The molecule has 0 bridgehead atoms. The van der Waals surface area contributed by atoms with Crippen molar-refractivity contribution in [1.82, 2.24) is 5.32 Å². The van der Waals surface area contributed by atoms with Gasteiger partial charge in [-0.05, 0) is 25.0 Å². The summed E-state index contributed by atoms with van der Waals surface area (Å²) in [6.07, 6.45) is 7.04. The highest BCUT2D eigenvalue weighted by atomic mass is 16.1. The predicted molar refractivity (Wildman–Crippen MR) is 95.3 cm³/mol. The summed E-state index contributed by atoms with van der Waals surface area (Å²) in [6, 6.07) is 16.4. The van der Waals surface area contributed by atoms with Crippen LogP contribution in [0.5, 0.6) is 0 Å². The van der Waals surface area contributed by atoms with Gasteiger partial charge in [0.2, 0.25) is 0 Å². The fourth-order valence-electron chi connectivity index (χ4n) is 3.22. The molecule has 2 aromatic rings. The molecule has 0 saturated heterocycles. The maximum Gasteiger partial charge on any atom is 0.251 e. The number of hydrogen-bond acceptors (Lipinski definition) is 2. The monoisotopic (exact) mass is 321 g/mol. The average Bonchev–Trinajstić information content (AvgIpc) is 2.90. The summed E-state index contributed by atoms with van der Waals surface area (Å²) in [5.41, 5.74) is 1.88. The van der Waals surface area contributed by atoms with Crippen molar-refractivity contribution >= 4 is 11.7 Å². The molecule has 2 aromatic carbocycles. The van der Waals surface area contributed by atoms with E-state index >= 15 is 0 Å². The Morgan fingerprint density at radius 2 is 1.25 bits per heavy atom. The number of rotatable bonds is 4. The van der Waals surface area contributed by atoms with E-state index in [1.807, 2.05) is 18.2 Å². The number of benzene rings is 2. The zero-order valence-electron chi connectivity index (χ0n) is 13.8. The maximum atomic E-state index is 12.4. The first-order valence-corrected chi connectivity index (χ1v) is 8.75. The second kappa shape index (κ2) is 7.91. The van der Waals surface area contributed by atoms with Gasteiger partial charge in [0.1, 0.15) is 0 Å². The lowest BCUT2D eigenvalue weighted by Gasteiger charge is -2.16. The lowest BCUT2D eigenvalue weighted by atomic mass is 10.0. The van der Waals surface area contributed by atoms with Crippen molar-refractivity contribution < 1.29 is 9.59 Å². The van der Waals surface area contributed by atoms with Crippen LogP contribution in [0.4, 0.5) is 0 Å². The summed E-state index contributed by atoms with van der Waals surface area (Å²) in [7, 11) is 0. The minimum absolute atomic E-state index is 0.0219. The Bertz CT molecular complexity index is 684. The van der Waals surface area contributed by atoms with E-state index < -0.39 is 0 Å². The van der Waals surface area contributed by atoms with Gasteiger partial charge in [-0.15, -0.1) is 0 Å². The highest BCUT2D eigenvalue weighted by Gasteiger charge is 2.16. The van der Waals surface area contributed by atoms with Gasteiger partial charge in [0.15, 0.2) is 5.78 Å². The summed E-state index contributed by atoms with van der Waals surface area (Å²) in [6.45, 7) is 0. The molecule has 0 radical (unpaired) electrons. The van der Waals surface area contributed by atoms with E-state index in [0.717, 1.165) is 12.8 Å². The first-order valence-electron chi connectivity index (χ1n) is 8.75. The molecule has 0 heterocycles. The van der Waals surface area contributed by atoms with Crippen LogP contribution < -0.4 is 5.32 Å². The SMILES string of the molecule is O=C(NC1CCCCCC1)c1ccc(C(=O)c2ccccc2)cc1. The van der Waals surface area contributed by atoms with Crippen molar-refractivity contribution in [2.45, 2.75) is 44.6 Å². The molecule has 1 saturated carbocycles. The molecule has 0 atom stereocenters. The van der Waals surface area contributed by atoms with Crippen LogP contribution in [0.15, 0.2) is 54.6 Å². The molecule has 124 valence electrons. The second-order valence-electron chi connectivity index (χ2n) is 6.43. The molecule has 3 heteroatoms. The Kier molecular flexibility index (Phi) is 5.42. The van der Waals surface area contributed by atoms with E-state index in [9.17, 15) is 9.59 Å². The van der Waals surface area contributed by atoms with E-state index in [2.05, 4.69) is 5.32 Å². The zero-order valence-corrected chi connectivity index (χ0v) is 13.8. The molecule has 0 aliphatic heterocycles. The predicted octanol–water partition coefficient (Wildman–Crippen LogP) is 4.37. The highest BCUT2D eigenvalue weighted by molar-refractivity contribution is 6.09. The Hall–Kier alpha value is -2.42. The summed E-state index contributed by atoms with van der Waals surface area (Å²) >= 11 is 0. The molecule has 1 N–H and O–H groups in total. The normalized spacial score (nSPS) is 15.5. The summed E-state index contributed by atoms with van der Waals surface area (Å²) in [5, 5.41) is 3.13. The van der Waals surface area contributed by atoms with Crippen LogP contribution in [0.1, 0.15) is 64.8 Å². The van der Waals surface area contributed by atoms with E-state index in [-0.39, 0.29) is 17.7 Å². The van der Waals surface area contributed by atoms with E-state index in [1.54, 1.807) is 36.4 Å². The third-order valence-electron chi connectivity index (χ3n) is 4.64. The van der Waals surface area contributed by atoms with Gasteiger partial charge >= 0.3 is 0 Å².